The molecule has 4 rings (SSSR count). The van der Waals surface area contributed by atoms with Crippen LogP contribution < -0.4 is 16.3 Å². The van der Waals surface area contributed by atoms with Crippen LogP contribution in [0.4, 0.5) is 0 Å². The number of benzene rings is 4. The zero-order valence-electron chi connectivity index (χ0n) is 18.6. The van der Waals surface area contributed by atoms with Gasteiger partial charge in [0.05, 0.1) is 18.2 Å². The van der Waals surface area contributed by atoms with Crippen LogP contribution in [0, 0.1) is 0 Å². The number of carbonyl (C=O) groups excluding carboxylic acids is 1. The van der Waals surface area contributed by atoms with Gasteiger partial charge < -0.3 is 10.8 Å². The second-order valence-corrected chi connectivity index (χ2v) is 10.3. The van der Waals surface area contributed by atoms with Gasteiger partial charge in [-0.1, -0.05) is 84.9 Å². The molecule has 0 aliphatic carbocycles. The van der Waals surface area contributed by atoms with Crippen molar-refractivity contribution >= 4 is 24.3 Å². The lowest BCUT2D eigenvalue weighted by atomic mass is 10.0. The van der Waals surface area contributed by atoms with Crippen molar-refractivity contribution in [1.29, 1.82) is 0 Å². The summed E-state index contributed by atoms with van der Waals surface area (Å²) in [5, 5.41) is 11.4. The van der Waals surface area contributed by atoms with Crippen LogP contribution in [0.25, 0.3) is 0 Å². The Kier molecular flexibility index (Phi) is 7.84. The lowest BCUT2D eigenvalue weighted by Crippen LogP contribution is -2.37. The summed E-state index contributed by atoms with van der Waals surface area (Å²) in [5.74, 6) is -0.494. The Bertz CT molecular complexity index is 1130. The van der Waals surface area contributed by atoms with Gasteiger partial charge in [-0.3, -0.25) is 4.52 Å². The van der Waals surface area contributed by atoms with Crippen LogP contribution in [0.5, 0.6) is 0 Å². The molecular weight excluding hydrogens is 445 g/mol. The fourth-order valence-corrected chi connectivity index (χ4v) is 6.54. The van der Waals surface area contributed by atoms with Gasteiger partial charge >= 0.3 is 13.7 Å². The molecule has 5 nitrogen and oxygen atoms in total. The number of nitrogens with two attached hydrogens (primary N) is 1. The lowest BCUT2D eigenvalue weighted by Gasteiger charge is -2.29. The summed E-state index contributed by atoms with van der Waals surface area (Å²) < 4.78 is 13.2. The van der Waals surface area contributed by atoms with E-state index in [1.54, 1.807) is 24.3 Å². The second kappa shape index (κ2) is 11.2. The molecule has 0 spiro atoms. The Hall–Kier alpha value is -3.34. The molecule has 2 unspecified atom stereocenters. The van der Waals surface area contributed by atoms with Crippen LogP contribution in [0.15, 0.2) is 121 Å². The van der Waals surface area contributed by atoms with E-state index in [-0.39, 0.29) is 6.61 Å². The Morgan fingerprint density at radius 2 is 1.18 bits per heavy atom. The van der Waals surface area contributed by atoms with Crippen molar-refractivity contribution in [2.24, 2.45) is 5.73 Å². The molecule has 34 heavy (non-hydrogen) atoms. The average Bonchev–Trinajstić information content (AvgIpc) is 2.92. The monoisotopic (exact) mass is 472 g/mol. The Morgan fingerprint density at radius 1 is 0.735 bits per heavy atom. The highest BCUT2D eigenvalue weighted by Gasteiger charge is 2.54. The summed E-state index contributed by atoms with van der Waals surface area (Å²) in [5.41, 5.74) is 7.57. The van der Waals surface area contributed by atoms with Gasteiger partial charge in [-0.15, -0.1) is 0 Å². The summed E-state index contributed by atoms with van der Waals surface area (Å²) in [4.78, 5) is 13.4. The van der Waals surface area contributed by atoms with Gasteiger partial charge in [-0.05, 0) is 42.0 Å². The third-order valence-electron chi connectivity index (χ3n) is 5.40. The van der Waals surface area contributed by atoms with Crippen LogP contribution in [-0.2, 0) is 9.05 Å². The largest absolute Gasteiger partial charge is 0.395 e. The predicted octanol–water partition coefficient (Wildman–Crippen LogP) is 4.42. The van der Waals surface area contributed by atoms with E-state index in [1.165, 1.54) is 0 Å². The smallest absolute Gasteiger partial charge is 0.391 e. The van der Waals surface area contributed by atoms with Gasteiger partial charge in [-0.2, -0.15) is 4.52 Å². The van der Waals surface area contributed by atoms with E-state index in [0.29, 0.717) is 5.56 Å². The Morgan fingerprint density at radius 3 is 1.65 bits per heavy atom. The van der Waals surface area contributed by atoms with E-state index in [1.807, 2.05) is 97.1 Å². The first-order valence-corrected chi connectivity index (χ1v) is 12.7. The highest BCUT2D eigenvalue weighted by Crippen LogP contribution is 2.62. The third-order valence-corrected chi connectivity index (χ3v) is 8.31. The highest BCUT2D eigenvalue weighted by atomic mass is 31.2. The number of aliphatic hydroxyl groups excluding tert-OH is 1. The lowest BCUT2D eigenvalue weighted by molar-refractivity contribution is 0.0679. The summed E-state index contributed by atoms with van der Waals surface area (Å²) >= 11 is 0. The number of rotatable bonds is 9. The first-order valence-electron chi connectivity index (χ1n) is 11.0. The molecule has 2 atom stereocenters. The molecule has 0 radical (unpaired) electrons. The molecular formula is C28H27NO4P+. The minimum Gasteiger partial charge on any atom is -0.395 e. The number of hydrogen-bond donors (Lipinski definition) is 2. The molecule has 0 saturated carbocycles. The quantitative estimate of drug-likeness (QED) is 0.353. The molecule has 0 aliphatic heterocycles. The van der Waals surface area contributed by atoms with Gasteiger partial charge in [0.2, 0.25) is 0 Å². The molecule has 4 aromatic rings. The van der Waals surface area contributed by atoms with Crippen LogP contribution >= 0.6 is 7.72 Å². The highest BCUT2D eigenvalue weighted by molar-refractivity contribution is 7.81. The van der Waals surface area contributed by atoms with Crippen LogP contribution in [0.2, 0.25) is 0 Å². The SMILES string of the molecule is NC(CO)C(O[P+](OC(=O)c1ccccc1)(c1ccccc1)c1ccccc1)c1ccccc1. The summed E-state index contributed by atoms with van der Waals surface area (Å²) in [6, 6.07) is 36.5. The topological polar surface area (TPSA) is 81.8 Å². The molecule has 4 aromatic carbocycles. The van der Waals surface area contributed by atoms with Crippen molar-refractivity contribution in [3.8, 4) is 0 Å². The molecule has 0 amide bonds. The van der Waals surface area contributed by atoms with Crippen molar-refractivity contribution < 1.29 is 18.9 Å². The van der Waals surface area contributed by atoms with Crippen molar-refractivity contribution in [3.05, 3.63) is 132 Å². The van der Waals surface area contributed by atoms with E-state index in [0.717, 1.165) is 16.2 Å². The molecule has 6 heteroatoms. The first kappa shape index (κ1) is 23.8. The minimum atomic E-state index is -3.25. The standard InChI is InChI=1S/C28H27NO4P/c29-26(21-30)27(22-13-5-1-6-14-22)32-34(24-17-9-3-10-18-24,25-19-11-4-12-20-25)33-28(31)23-15-7-2-8-16-23/h1-20,26-27,30H,21,29H2/q+1. The van der Waals surface area contributed by atoms with E-state index in [2.05, 4.69) is 0 Å². The zero-order chi connectivity index (χ0) is 23.8. The molecule has 0 heterocycles. The number of hydrogen-bond acceptors (Lipinski definition) is 5. The van der Waals surface area contributed by atoms with Gasteiger partial charge in [0.25, 0.3) is 0 Å². The predicted molar refractivity (Wildman–Crippen MR) is 136 cm³/mol. The molecule has 0 saturated heterocycles. The first-order chi connectivity index (χ1) is 16.6. The molecule has 172 valence electrons. The van der Waals surface area contributed by atoms with Gasteiger partial charge in [-0.25, -0.2) is 4.79 Å². The van der Waals surface area contributed by atoms with Crippen molar-refractivity contribution in [2.75, 3.05) is 6.61 Å². The molecule has 3 N–H and O–H groups in total. The maximum Gasteiger partial charge on any atom is 0.391 e. The van der Waals surface area contributed by atoms with E-state index in [4.69, 9.17) is 14.8 Å². The minimum absolute atomic E-state index is 0.296. The van der Waals surface area contributed by atoms with E-state index in [9.17, 15) is 9.90 Å². The summed E-state index contributed by atoms with van der Waals surface area (Å²) in [6.45, 7) is -0.296. The molecule has 0 bridgehead atoms. The number of carbonyl (C=O) groups is 1. The van der Waals surface area contributed by atoms with Crippen molar-refractivity contribution in [2.45, 2.75) is 12.1 Å². The third kappa shape index (κ3) is 5.24. The normalized spacial score (nSPS) is 13.1. The average molecular weight is 473 g/mol. The van der Waals surface area contributed by atoms with Gasteiger partial charge in [0.15, 0.2) is 10.6 Å². The number of aliphatic hydroxyl groups is 1. The fraction of sp³-hybridized carbons (Fsp3) is 0.107. The molecule has 0 aromatic heterocycles. The fourth-order valence-electron chi connectivity index (χ4n) is 3.67. The summed E-state index contributed by atoms with van der Waals surface area (Å²) in [7, 11) is -3.25. The van der Waals surface area contributed by atoms with E-state index < -0.39 is 25.8 Å². The molecule has 0 fully saturated rings. The van der Waals surface area contributed by atoms with Crippen LogP contribution in [-0.4, -0.2) is 23.7 Å². The van der Waals surface area contributed by atoms with Crippen LogP contribution in [0.3, 0.4) is 0 Å². The molecule has 0 aliphatic rings. The second-order valence-electron chi connectivity index (χ2n) is 7.75. The summed E-state index contributed by atoms with van der Waals surface area (Å²) in [6.07, 6.45) is -0.719. The van der Waals surface area contributed by atoms with Crippen molar-refractivity contribution in [1.82, 2.24) is 0 Å². The Balaban J connectivity index is 1.89. The maximum absolute atomic E-state index is 13.4. The van der Waals surface area contributed by atoms with Crippen molar-refractivity contribution in [3.63, 3.8) is 0 Å². The van der Waals surface area contributed by atoms with E-state index >= 15 is 0 Å². The zero-order valence-corrected chi connectivity index (χ0v) is 19.5. The Labute approximate surface area is 200 Å². The van der Waals surface area contributed by atoms with Crippen LogP contribution in [0.1, 0.15) is 22.0 Å². The van der Waals surface area contributed by atoms with Gasteiger partial charge in [0, 0.05) is 0 Å². The maximum atomic E-state index is 13.4. The van der Waals surface area contributed by atoms with Gasteiger partial charge in [0.1, 0.15) is 6.10 Å².